The number of amides is 2. The molecule has 2 aliphatic heterocycles. The number of aromatic hydroxyl groups is 1. The van der Waals surface area contributed by atoms with E-state index in [1.807, 2.05) is 0 Å². The predicted octanol–water partition coefficient (Wildman–Crippen LogP) is 0.377. The molecule has 1 spiro atoms. The van der Waals surface area contributed by atoms with E-state index in [0.29, 0.717) is 25.9 Å². The molecule has 1 atom stereocenters. The second kappa shape index (κ2) is 6.16. The smallest absolute Gasteiger partial charge is 0.277 e. The maximum absolute atomic E-state index is 12.9. The molecule has 3 heterocycles. The summed E-state index contributed by atoms with van der Waals surface area (Å²) in [7, 11) is 0. The number of carbonyl (C=O) groups is 2. The van der Waals surface area contributed by atoms with Gasteiger partial charge in [-0.2, -0.15) is 0 Å². The molecule has 0 aliphatic carbocycles. The number of rotatable bonds is 3. The van der Waals surface area contributed by atoms with Crippen LogP contribution in [0.25, 0.3) is 0 Å². The zero-order valence-electron chi connectivity index (χ0n) is 12.9. The van der Waals surface area contributed by atoms with Crippen LogP contribution in [-0.4, -0.2) is 68.6 Å². The standard InChI is InChI=1S/C16H21N3O4/c20-11-10-18-8-2-5-16(15(18)23)6-3-9-19(16)14(22)13-12(21)4-1-7-17-13/h1,4,7,20-21H,2-3,5-6,8-11H2. The molecular formula is C16H21N3O4. The Morgan fingerprint density at radius 1 is 1.30 bits per heavy atom. The Morgan fingerprint density at radius 3 is 2.74 bits per heavy atom. The van der Waals surface area contributed by atoms with Crippen LogP contribution in [0.1, 0.15) is 36.2 Å². The molecule has 2 N–H and O–H groups in total. The SMILES string of the molecule is O=C(c1ncccc1O)N1CCCC12CCCN(CCO)C2=O. The van der Waals surface area contributed by atoms with Crippen LogP contribution in [0.15, 0.2) is 18.3 Å². The Labute approximate surface area is 134 Å². The first-order valence-corrected chi connectivity index (χ1v) is 7.96. The number of β-amino-alcohol motifs (C(OH)–C–C–N with tert-alkyl or cyclic N) is 1. The summed E-state index contributed by atoms with van der Waals surface area (Å²) in [5.41, 5.74) is -0.866. The highest BCUT2D eigenvalue weighted by molar-refractivity contribution is 6.00. The lowest BCUT2D eigenvalue weighted by Gasteiger charge is -2.44. The molecular weight excluding hydrogens is 298 g/mol. The lowest BCUT2D eigenvalue weighted by atomic mass is 9.85. The van der Waals surface area contributed by atoms with E-state index in [9.17, 15) is 14.7 Å². The molecule has 0 radical (unpaired) electrons. The van der Waals surface area contributed by atoms with Crippen molar-refractivity contribution in [1.82, 2.24) is 14.8 Å². The molecule has 0 aromatic carbocycles. The van der Waals surface area contributed by atoms with Gasteiger partial charge < -0.3 is 20.0 Å². The fraction of sp³-hybridized carbons (Fsp3) is 0.562. The van der Waals surface area contributed by atoms with Gasteiger partial charge in [-0.3, -0.25) is 9.59 Å². The van der Waals surface area contributed by atoms with Crippen molar-refractivity contribution >= 4 is 11.8 Å². The van der Waals surface area contributed by atoms with Crippen molar-refractivity contribution in [2.75, 3.05) is 26.2 Å². The largest absolute Gasteiger partial charge is 0.505 e. The van der Waals surface area contributed by atoms with E-state index < -0.39 is 11.4 Å². The normalized spacial score (nSPS) is 24.5. The molecule has 1 aromatic rings. The lowest BCUT2D eigenvalue weighted by molar-refractivity contribution is -0.146. The number of pyridine rings is 1. The van der Waals surface area contributed by atoms with E-state index in [1.54, 1.807) is 15.9 Å². The van der Waals surface area contributed by atoms with E-state index in [2.05, 4.69) is 4.98 Å². The van der Waals surface area contributed by atoms with Gasteiger partial charge in [-0.25, -0.2) is 4.98 Å². The lowest BCUT2D eigenvalue weighted by Crippen LogP contribution is -2.61. The minimum absolute atomic E-state index is 0.0131. The third-order valence-corrected chi connectivity index (χ3v) is 4.80. The maximum atomic E-state index is 12.9. The van der Waals surface area contributed by atoms with Crippen LogP contribution < -0.4 is 0 Å². The van der Waals surface area contributed by atoms with Crippen molar-refractivity contribution in [2.24, 2.45) is 0 Å². The first-order valence-electron chi connectivity index (χ1n) is 7.96. The number of aromatic nitrogens is 1. The third-order valence-electron chi connectivity index (χ3n) is 4.80. The highest BCUT2D eigenvalue weighted by atomic mass is 16.3. The van der Waals surface area contributed by atoms with Gasteiger partial charge in [0.2, 0.25) is 5.91 Å². The van der Waals surface area contributed by atoms with Gasteiger partial charge in [0, 0.05) is 25.8 Å². The van der Waals surface area contributed by atoms with Gasteiger partial charge >= 0.3 is 0 Å². The minimum atomic E-state index is -0.853. The summed E-state index contributed by atoms with van der Waals surface area (Å²) in [5.74, 6) is -0.672. The Kier molecular flexibility index (Phi) is 4.21. The van der Waals surface area contributed by atoms with Crippen LogP contribution >= 0.6 is 0 Å². The quantitative estimate of drug-likeness (QED) is 0.840. The number of nitrogens with zero attached hydrogens (tertiary/aromatic N) is 3. The van der Waals surface area contributed by atoms with Crippen molar-refractivity contribution in [3.05, 3.63) is 24.0 Å². The molecule has 3 rings (SSSR count). The van der Waals surface area contributed by atoms with Crippen LogP contribution in [0.4, 0.5) is 0 Å². The predicted molar refractivity (Wildman–Crippen MR) is 81.8 cm³/mol. The first-order chi connectivity index (χ1) is 11.1. The Hall–Kier alpha value is -2.15. The molecule has 2 saturated heterocycles. The van der Waals surface area contributed by atoms with E-state index in [1.165, 1.54) is 12.3 Å². The van der Waals surface area contributed by atoms with Crippen molar-refractivity contribution in [1.29, 1.82) is 0 Å². The average Bonchev–Trinajstić information content (AvgIpc) is 2.96. The zero-order valence-corrected chi connectivity index (χ0v) is 12.9. The van der Waals surface area contributed by atoms with Crippen molar-refractivity contribution in [2.45, 2.75) is 31.2 Å². The van der Waals surface area contributed by atoms with Crippen LogP contribution in [0, 0.1) is 0 Å². The number of hydrogen-bond donors (Lipinski definition) is 2. The van der Waals surface area contributed by atoms with Crippen LogP contribution in [0.3, 0.4) is 0 Å². The number of piperidine rings is 1. The zero-order chi connectivity index (χ0) is 16.4. The summed E-state index contributed by atoms with van der Waals surface area (Å²) in [6, 6.07) is 2.98. The van der Waals surface area contributed by atoms with Gasteiger partial charge in [0.1, 0.15) is 11.3 Å². The molecule has 2 amide bonds. The molecule has 2 aliphatic rings. The van der Waals surface area contributed by atoms with E-state index in [0.717, 1.165) is 12.8 Å². The Bertz CT molecular complexity index is 619. The number of carbonyl (C=O) groups excluding carboxylic acids is 2. The minimum Gasteiger partial charge on any atom is -0.505 e. The molecule has 1 aromatic heterocycles. The van der Waals surface area contributed by atoms with Gasteiger partial charge in [0.15, 0.2) is 5.69 Å². The van der Waals surface area contributed by atoms with Crippen molar-refractivity contribution in [3.63, 3.8) is 0 Å². The molecule has 2 fully saturated rings. The summed E-state index contributed by atoms with van der Waals surface area (Å²) in [5, 5.41) is 19.0. The molecule has 23 heavy (non-hydrogen) atoms. The molecule has 0 bridgehead atoms. The highest BCUT2D eigenvalue weighted by Crippen LogP contribution is 2.39. The summed E-state index contributed by atoms with van der Waals surface area (Å²) < 4.78 is 0. The Balaban J connectivity index is 1.91. The van der Waals surface area contributed by atoms with Crippen LogP contribution in [0.2, 0.25) is 0 Å². The average molecular weight is 319 g/mol. The summed E-state index contributed by atoms with van der Waals surface area (Å²) in [6.07, 6.45) is 4.23. The van der Waals surface area contributed by atoms with Crippen molar-refractivity contribution in [3.8, 4) is 5.75 Å². The molecule has 124 valence electrons. The van der Waals surface area contributed by atoms with Gasteiger partial charge in [-0.15, -0.1) is 0 Å². The fourth-order valence-corrected chi connectivity index (χ4v) is 3.75. The van der Waals surface area contributed by atoms with E-state index >= 15 is 0 Å². The highest BCUT2D eigenvalue weighted by Gasteiger charge is 2.53. The second-order valence-electron chi connectivity index (χ2n) is 6.08. The van der Waals surface area contributed by atoms with Gasteiger partial charge in [-0.05, 0) is 37.8 Å². The number of likely N-dealkylation sites (tertiary alicyclic amines) is 2. The van der Waals surface area contributed by atoms with Crippen LogP contribution in [0.5, 0.6) is 5.75 Å². The summed E-state index contributed by atoms with van der Waals surface area (Å²) in [6.45, 7) is 1.29. The third kappa shape index (κ3) is 2.55. The molecule has 0 saturated carbocycles. The first kappa shape index (κ1) is 15.7. The van der Waals surface area contributed by atoms with Gasteiger partial charge in [-0.1, -0.05) is 0 Å². The van der Waals surface area contributed by atoms with Crippen molar-refractivity contribution < 1.29 is 19.8 Å². The Morgan fingerprint density at radius 2 is 2.04 bits per heavy atom. The van der Waals surface area contributed by atoms with Crippen LogP contribution in [-0.2, 0) is 4.79 Å². The monoisotopic (exact) mass is 319 g/mol. The van der Waals surface area contributed by atoms with E-state index in [4.69, 9.17) is 5.11 Å². The summed E-state index contributed by atoms with van der Waals surface area (Å²) in [4.78, 5) is 32.9. The molecule has 7 nitrogen and oxygen atoms in total. The molecule has 7 heteroatoms. The summed E-state index contributed by atoms with van der Waals surface area (Å²) >= 11 is 0. The number of aliphatic hydroxyl groups excluding tert-OH is 1. The fourth-order valence-electron chi connectivity index (χ4n) is 3.75. The maximum Gasteiger partial charge on any atom is 0.277 e. The van der Waals surface area contributed by atoms with Gasteiger partial charge in [0.25, 0.3) is 5.91 Å². The second-order valence-corrected chi connectivity index (χ2v) is 6.08. The number of hydrogen-bond acceptors (Lipinski definition) is 5. The molecule has 1 unspecified atom stereocenters. The number of aliphatic hydroxyl groups is 1. The van der Waals surface area contributed by atoms with Gasteiger partial charge in [0.05, 0.1) is 6.61 Å². The topological polar surface area (TPSA) is 94.0 Å². The van der Waals surface area contributed by atoms with E-state index in [-0.39, 0.29) is 30.5 Å².